The average molecular weight is 551 g/mol. The third-order valence-electron chi connectivity index (χ3n) is 4.65. The fourth-order valence-corrected chi connectivity index (χ4v) is 4.63. The molecular formula is C23H22INO5S. The maximum atomic E-state index is 12.9. The lowest BCUT2D eigenvalue weighted by molar-refractivity contribution is -0.139. The van der Waals surface area contributed by atoms with Crippen LogP contribution in [-0.2, 0) is 21.4 Å². The Labute approximate surface area is 195 Å². The number of carboxylic acids is 1. The van der Waals surface area contributed by atoms with E-state index in [0.29, 0.717) is 11.3 Å². The number of hydrogen-bond donors (Lipinski definition) is 1. The van der Waals surface area contributed by atoms with Crippen LogP contribution < -0.4 is 4.74 Å². The second kappa shape index (κ2) is 9.80. The van der Waals surface area contributed by atoms with Crippen LogP contribution in [0.3, 0.4) is 0 Å². The Hall–Kier alpha value is -2.43. The first-order chi connectivity index (χ1) is 14.7. The van der Waals surface area contributed by atoms with Crippen molar-refractivity contribution in [3.63, 3.8) is 0 Å². The Morgan fingerprint density at radius 3 is 2.42 bits per heavy atom. The normalized spacial score (nSPS) is 11.5. The Morgan fingerprint density at radius 2 is 1.77 bits per heavy atom. The number of aryl methyl sites for hydroxylation is 1. The summed E-state index contributed by atoms with van der Waals surface area (Å²) in [6, 6.07) is 19.7. The first-order valence-corrected chi connectivity index (χ1v) is 11.9. The average Bonchev–Trinajstić information content (AvgIpc) is 2.73. The molecule has 0 aliphatic heterocycles. The maximum Gasteiger partial charge on any atom is 0.341 e. The summed E-state index contributed by atoms with van der Waals surface area (Å²) in [6.45, 7) is 1.66. The lowest BCUT2D eigenvalue weighted by Gasteiger charge is -2.19. The molecule has 0 saturated carbocycles. The SMILES string of the molecule is Cc1cccc(-c2cc(CN(C)S(=O)(=O)c3ccc(I)cc3)ccc2OCC(=O)O)c1. The summed E-state index contributed by atoms with van der Waals surface area (Å²) in [5, 5.41) is 8.97. The summed E-state index contributed by atoms with van der Waals surface area (Å²) in [6.07, 6.45) is 0. The molecule has 0 aliphatic carbocycles. The minimum absolute atomic E-state index is 0.159. The number of halogens is 1. The Morgan fingerprint density at radius 1 is 1.06 bits per heavy atom. The number of sulfonamides is 1. The zero-order valence-electron chi connectivity index (χ0n) is 17.1. The van der Waals surface area contributed by atoms with Crippen LogP contribution in [0.15, 0.2) is 71.6 Å². The number of ether oxygens (including phenoxy) is 1. The van der Waals surface area contributed by atoms with Crippen molar-refractivity contribution >= 4 is 38.6 Å². The van der Waals surface area contributed by atoms with E-state index in [4.69, 9.17) is 9.84 Å². The molecule has 0 heterocycles. The van der Waals surface area contributed by atoms with Crippen molar-refractivity contribution in [2.45, 2.75) is 18.4 Å². The molecule has 0 radical (unpaired) electrons. The van der Waals surface area contributed by atoms with Gasteiger partial charge in [-0.05, 0) is 77.0 Å². The van der Waals surface area contributed by atoms with Gasteiger partial charge >= 0.3 is 5.97 Å². The molecule has 0 amide bonds. The van der Waals surface area contributed by atoms with Crippen LogP contribution in [0.25, 0.3) is 11.1 Å². The van der Waals surface area contributed by atoms with Crippen LogP contribution in [0.1, 0.15) is 11.1 Å². The lowest BCUT2D eigenvalue weighted by atomic mass is 10.00. The standard InChI is InChI=1S/C23H22INO5S/c1-16-4-3-5-18(12-16)21-13-17(6-11-22(21)30-15-23(26)27)14-25(2)31(28,29)20-9-7-19(24)8-10-20/h3-13H,14-15H2,1-2H3,(H,26,27). The molecule has 0 atom stereocenters. The second-order valence-corrected chi connectivity index (χ2v) is 10.4. The van der Waals surface area contributed by atoms with Gasteiger partial charge in [-0.1, -0.05) is 35.9 Å². The molecular weight excluding hydrogens is 529 g/mol. The van der Waals surface area contributed by atoms with Crippen molar-refractivity contribution in [3.05, 3.63) is 81.4 Å². The van der Waals surface area contributed by atoms with Crippen molar-refractivity contribution in [1.82, 2.24) is 4.31 Å². The van der Waals surface area contributed by atoms with Crippen LogP contribution in [0.4, 0.5) is 0 Å². The number of carbonyl (C=O) groups is 1. The molecule has 8 heteroatoms. The lowest BCUT2D eigenvalue weighted by Crippen LogP contribution is -2.26. The van der Waals surface area contributed by atoms with Crippen molar-refractivity contribution in [2.24, 2.45) is 0 Å². The Kier molecular flexibility index (Phi) is 7.34. The van der Waals surface area contributed by atoms with Crippen LogP contribution in [-0.4, -0.2) is 37.5 Å². The molecule has 0 spiro atoms. The van der Waals surface area contributed by atoms with Crippen molar-refractivity contribution in [2.75, 3.05) is 13.7 Å². The third kappa shape index (κ3) is 5.84. The van der Waals surface area contributed by atoms with E-state index < -0.39 is 22.6 Å². The maximum absolute atomic E-state index is 12.9. The topological polar surface area (TPSA) is 83.9 Å². The van der Waals surface area contributed by atoms with Gasteiger partial charge in [0.2, 0.25) is 10.0 Å². The van der Waals surface area contributed by atoms with Crippen LogP contribution >= 0.6 is 22.6 Å². The predicted octanol–water partition coefficient (Wildman–Crippen LogP) is 4.55. The van der Waals surface area contributed by atoms with E-state index in [0.717, 1.165) is 20.3 Å². The van der Waals surface area contributed by atoms with Gasteiger partial charge in [0.05, 0.1) is 4.90 Å². The van der Waals surface area contributed by atoms with Crippen molar-refractivity contribution < 1.29 is 23.1 Å². The smallest absolute Gasteiger partial charge is 0.341 e. The molecule has 6 nitrogen and oxygen atoms in total. The fourth-order valence-electron chi connectivity index (χ4n) is 3.11. The van der Waals surface area contributed by atoms with Gasteiger partial charge in [0.1, 0.15) is 5.75 Å². The van der Waals surface area contributed by atoms with Gasteiger partial charge < -0.3 is 9.84 Å². The summed E-state index contributed by atoms with van der Waals surface area (Å²) in [4.78, 5) is 11.2. The highest BCUT2D eigenvalue weighted by Gasteiger charge is 2.21. The molecule has 3 aromatic rings. The summed E-state index contributed by atoms with van der Waals surface area (Å²) < 4.78 is 33.6. The summed E-state index contributed by atoms with van der Waals surface area (Å²) >= 11 is 2.13. The van der Waals surface area contributed by atoms with Gasteiger partial charge in [-0.2, -0.15) is 4.31 Å². The first kappa shape index (κ1) is 23.2. The van der Waals surface area contributed by atoms with Crippen LogP contribution in [0.5, 0.6) is 5.75 Å². The molecule has 0 fully saturated rings. The minimum atomic E-state index is -3.65. The highest BCUT2D eigenvalue weighted by atomic mass is 127. The molecule has 3 rings (SSSR count). The van der Waals surface area contributed by atoms with E-state index in [1.807, 2.05) is 37.3 Å². The predicted molar refractivity (Wildman–Crippen MR) is 128 cm³/mol. The zero-order chi connectivity index (χ0) is 22.6. The molecule has 0 bridgehead atoms. The van der Waals surface area contributed by atoms with E-state index in [1.165, 1.54) is 11.4 Å². The van der Waals surface area contributed by atoms with Gasteiger partial charge in [-0.3, -0.25) is 0 Å². The number of benzene rings is 3. The molecule has 3 aromatic carbocycles. The molecule has 0 unspecified atom stereocenters. The van der Waals surface area contributed by atoms with Crippen molar-refractivity contribution in [3.8, 4) is 16.9 Å². The summed E-state index contributed by atoms with van der Waals surface area (Å²) in [7, 11) is -2.11. The van der Waals surface area contributed by atoms with Crippen LogP contribution in [0.2, 0.25) is 0 Å². The quantitative estimate of drug-likeness (QED) is 0.416. The van der Waals surface area contributed by atoms with Crippen molar-refractivity contribution in [1.29, 1.82) is 0 Å². The second-order valence-electron chi connectivity index (χ2n) is 7.10. The zero-order valence-corrected chi connectivity index (χ0v) is 20.1. The molecule has 0 aliphatic rings. The number of carboxylic acid groups (broad SMARTS) is 1. The van der Waals surface area contributed by atoms with E-state index in [1.54, 1.807) is 36.4 Å². The first-order valence-electron chi connectivity index (χ1n) is 9.43. The number of aliphatic carboxylic acids is 1. The largest absolute Gasteiger partial charge is 0.481 e. The molecule has 162 valence electrons. The van der Waals surface area contributed by atoms with Crippen LogP contribution in [0, 0.1) is 10.5 Å². The summed E-state index contributed by atoms with van der Waals surface area (Å²) in [5.74, 6) is -0.637. The van der Waals surface area contributed by atoms with Gasteiger partial charge in [0.15, 0.2) is 6.61 Å². The Bertz CT molecular complexity index is 1190. The minimum Gasteiger partial charge on any atom is -0.481 e. The van der Waals surface area contributed by atoms with Gasteiger partial charge in [0, 0.05) is 22.7 Å². The molecule has 1 N–H and O–H groups in total. The number of rotatable bonds is 8. The fraction of sp³-hybridized carbons (Fsp3) is 0.174. The van der Waals surface area contributed by atoms with Gasteiger partial charge in [-0.15, -0.1) is 0 Å². The number of hydrogen-bond acceptors (Lipinski definition) is 4. The third-order valence-corrected chi connectivity index (χ3v) is 7.19. The molecule has 0 aromatic heterocycles. The van der Waals surface area contributed by atoms with E-state index >= 15 is 0 Å². The Balaban J connectivity index is 1.93. The molecule has 0 saturated heterocycles. The van der Waals surface area contributed by atoms with E-state index in [-0.39, 0.29) is 11.4 Å². The number of nitrogens with zero attached hydrogens (tertiary/aromatic N) is 1. The van der Waals surface area contributed by atoms with E-state index in [2.05, 4.69) is 22.6 Å². The highest BCUT2D eigenvalue weighted by molar-refractivity contribution is 14.1. The molecule has 31 heavy (non-hydrogen) atoms. The van der Waals surface area contributed by atoms with Gasteiger partial charge in [-0.25, -0.2) is 13.2 Å². The van der Waals surface area contributed by atoms with E-state index in [9.17, 15) is 13.2 Å². The van der Waals surface area contributed by atoms with Gasteiger partial charge in [0.25, 0.3) is 0 Å². The monoisotopic (exact) mass is 551 g/mol. The highest BCUT2D eigenvalue weighted by Crippen LogP contribution is 2.32. The summed E-state index contributed by atoms with van der Waals surface area (Å²) in [5.41, 5.74) is 3.38.